The first-order valence-corrected chi connectivity index (χ1v) is 4.65. The van der Waals surface area contributed by atoms with Crippen LogP contribution in [0.4, 0.5) is 0 Å². The smallest absolute Gasteiger partial charge is 0.268 e. The highest BCUT2D eigenvalue weighted by molar-refractivity contribution is 5.21. The van der Waals surface area contributed by atoms with Crippen LogP contribution in [0.25, 0.3) is 0 Å². The van der Waals surface area contributed by atoms with Crippen molar-refractivity contribution in [1.29, 1.82) is 0 Å². The minimum Gasteiger partial charge on any atom is -0.301 e. The minimum atomic E-state index is 0.00167. The van der Waals surface area contributed by atoms with Gasteiger partial charge in [0.05, 0.1) is 12.1 Å². The van der Waals surface area contributed by atoms with E-state index in [0.717, 1.165) is 30.8 Å². The van der Waals surface area contributed by atoms with Crippen molar-refractivity contribution in [1.82, 2.24) is 14.7 Å². The van der Waals surface area contributed by atoms with E-state index in [1.807, 2.05) is 7.05 Å². The van der Waals surface area contributed by atoms with E-state index in [1.54, 1.807) is 4.68 Å². The summed E-state index contributed by atoms with van der Waals surface area (Å²) in [7, 11) is 2.01. The Kier molecular flexibility index (Phi) is 2.18. The van der Waals surface area contributed by atoms with Crippen LogP contribution in [0.15, 0.2) is 4.79 Å². The van der Waals surface area contributed by atoms with Crippen LogP contribution in [-0.2, 0) is 19.5 Å². The number of nitrogens with one attached hydrogen (secondary N) is 1. The molecule has 1 aromatic rings. The lowest BCUT2D eigenvalue weighted by atomic mass is 10.1. The van der Waals surface area contributed by atoms with Crippen LogP contribution in [-0.4, -0.2) is 28.3 Å². The van der Waals surface area contributed by atoms with E-state index in [1.165, 1.54) is 0 Å². The Bertz CT molecular complexity index is 435. The predicted octanol–water partition coefficient (Wildman–Crippen LogP) is -0.203. The third kappa shape index (κ3) is 1.36. The van der Waals surface area contributed by atoms with Crippen molar-refractivity contribution < 1.29 is 0 Å². The van der Waals surface area contributed by atoms with Gasteiger partial charge in [0.1, 0.15) is 0 Å². The maximum absolute atomic E-state index is 11.5. The molecule has 0 unspecified atom stereocenters. The molecule has 0 spiro atoms. The normalized spacial score (nSPS) is 16.3. The standard InChI is InChI=1S/C10H13N3O/c1-3-5-13-9-4-6-12(2)7-8(9)10(14)11-13/h1H,4-7H2,2H3,(H,11,14). The molecule has 2 heterocycles. The second-order valence-electron chi connectivity index (χ2n) is 3.64. The van der Waals surface area contributed by atoms with Crippen molar-refractivity contribution >= 4 is 0 Å². The first kappa shape index (κ1) is 9.10. The summed E-state index contributed by atoms with van der Waals surface area (Å²) >= 11 is 0. The molecule has 0 amide bonds. The molecule has 0 aliphatic carbocycles. The fourth-order valence-corrected chi connectivity index (χ4v) is 1.87. The van der Waals surface area contributed by atoms with Crippen LogP contribution < -0.4 is 5.56 Å². The lowest BCUT2D eigenvalue weighted by molar-refractivity contribution is 0.307. The van der Waals surface area contributed by atoms with Gasteiger partial charge < -0.3 is 4.90 Å². The number of nitrogens with zero attached hydrogens (tertiary/aromatic N) is 2. The third-order valence-corrected chi connectivity index (χ3v) is 2.59. The number of hydrogen-bond donors (Lipinski definition) is 1. The van der Waals surface area contributed by atoms with Gasteiger partial charge in [0.2, 0.25) is 0 Å². The first-order valence-electron chi connectivity index (χ1n) is 4.65. The molecule has 74 valence electrons. The molecule has 0 saturated heterocycles. The SMILES string of the molecule is C#CCn1[nH]c(=O)c2c1CCN(C)C2. The molecule has 0 radical (unpaired) electrons. The summed E-state index contributed by atoms with van der Waals surface area (Å²) in [6.45, 7) is 2.16. The van der Waals surface area contributed by atoms with Crippen molar-refractivity contribution in [3.05, 3.63) is 21.6 Å². The number of fused-ring (bicyclic) bond motifs is 1. The van der Waals surface area contributed by atoms with Crippen LogP contribution in [0.1, 0.15) is 11.3 Å². The zero-order valence-corrected chi connectivity index (χ0v) is 8.21. The lowest BCUT2D eigenvalue weighted by Gasteiger charge is -2.22. The lowest BCUT2D eigenvalue weighted by Crippen LogP contribution is -2.29. The van der Waals surface area contributed by atoms with E-state index in [4.69, 9.17) is 6.42 Å². The summed E-state index contributed by atoms with van der Waals surface area (Å²) < 4.78 is 1.78. The van der Waals surface area contributed by atoms with E-state index < -0.39 is 0 Å². The van der Waals surface area contributed by atoms with Gasteiger partial charge in [-0.1, -0.05) is 5.92 Å². The molecule has 1 N–H and O–H groups in total. The fourth-order valence-electron chi connectivity index (χ4n) is 1.87. The van der Waals surface area contributed by atoms with E-state index in [-0.39, 0.29) is 5.56 Å². The first-order chi connectivity index (χ1) is 6.72. The summed E-state index contributed by atoms with van der Waals surface area (Å²) in [5.41, 5.74) is 1.95. The van der Waals surface area contributed by atoms with E-state index >= 15 is 0 Å². The number of aromatic nitrogens is 2. The van der Waals surface area contributed by atoms with Gasteiger partial charge in [0, 0.05) is 25.2 Å². The average molecular weight is 191 g/mol. The molecule has 0 bridgehead atoms. The van der Waals surface area contributed by atoms with Crippen molar-refractivity contribution in [3.63, 3.8) is 0 Å². The molecule has 4 heteroatoms. The number of aromatic amines is 1. The third-order valence-electron chi connectivity index (χ3n) is 2.59. The Morgan fingerprint density at radius 2 is 2.43 bits per heavy atom. The Morgan fingerprint density at radius 3 is 3.14 bits per heavy atom. The molecule has 0 saturated carbocycles. The van der Waals surface area contributed by atoms with Gasteiger partial charge in [-0.05, 0) is 7.05 Å². The Morgan fingerprint density at radius 1 is 1.64 bits per heavy atom. The van der Waals surface area contributed by atoms with Gasteiger partial charge in [-0.25, -0.2) is 0 Å². The molecule has 2 rings (SSSR count). The molecular formula is C10H13N3O. The largest absolute Gasteiger partial charge is 0.301 e. The highest BCUT2D eigenvalue weighted by Crippen LogP contribution is 2.13. The van der Waals surface area contributed by atoms with Crippen molar-refractivity contribution in [2.75, 3.05) is 13.6 Å². The van der Waals surface area contributed by atoms with Crippen molar-refractivity contribution in [3.8, 4) is 12.3 Å². The maximum Gasteiger partial charge on any atom is 0.268 e. The Labute approximate surface area is 82.5 Å². The molecule has 0 aromatic carbocycles. The van der Waals surface area contributed by atoms with Crippen LogP contribution >= 0.6 is 0 Å². The highest BCUT2D eigenvalue weighted by atomic mass is 16.1. The summed E-state index contributed by atoms with van der Waals surface area (Å²) in [6, 6.07) is 0. The topological polar surface area (TPSA) is 41.0 Å². The molecule has 1 aliphatic heterocycles. The molecule has 0 atom stereocenters. The van der Waals surface area contributed by atoms with Crippen LogP contribution in [0.5, 0.6) is 0 Å². The van der Waals surface area contributed by atoms with Gasteiger partial charge in [-0.2, -0.15) is 0 Å². The van der Waals surface area contributed by atoms with Gasteiger partial charge in [0.25, 0.3) is 5.56 Å². The monoisotopic (exact) mass is 191 g/mol. The quantitative estimate of drug-likeness (QED) is 0.624. The minimum absolute atomic E-state index is 0.00167. The van der Waals surface area contributed by atoms with Crippen molar-refractivity contribution in [2.45, 2.75) is 19.5 Å². The molecule has 1 aliphatic rings. The summed E-state index contributed by atoms with van der Waals surface area (Å²) in [5, 5.41) is 2.77. The van der Waals surface area contributed by atoms with Gasteiger partial charge in [0.15, 0.2) is 0 Å². The molecule has 0 fully saturated rings. The predicted molar refractivity (Wildman–Crippen MR) is 53.9 cm³/mol. The van der Waals surface area contributed by atoms with E-state index in [0.29, 0.717) is 6.54 Å². The van der Waals surface area contributed by atoms with Gasteiger partial charge >= 0.3 is 0 Å². The summed E-state index contributed by atoms with van der Waals surface area (Å²) in [5.74, 6) is 2.54. The Balaban J connectivity index is 2.45. The fraction of sp³-hybridized carbons (Fsp3) is 0.500. The highest BCUT2D eigenvalue weighted by Gasteiger charge is 2.20. The average Bonchev–Trinajstić information content (AvgIpc) is 2.44. The second-order valence-corrected chi connectivity index (χ2v) is 3.64. The molecular weight excluding hydrogens is 178 g/mol. The van der Waals surface area contributed by atoms with Gasteiger partial charge in [-0.15, -0.1) is 6.42 Å². The Hall–Kier alpha value is -1.47. The van der Waals surface area contributed by atoms with Crippen LogP contribution in [0.3, 0.4) is 0 Å². The van der Waals surface area contributed by atoms with Gasteiger partial charge in [-0.3, -0.25) is 14.6 Å². The maximum atomic E-state index is 11.5. The van der Waals surface area contributed by atoms with E-state index in [9.17, 15) is 4.79 Å². The summed E-state index contributed by atoms with van der Waals surface area (Å²) in [6.07, 6.45) is 6.12. The van der Waals surface area contributed by atoms with Crippen LogP contribution in [0, 0.1) is 12.3 Å². The zero-order chi connectivity index (χ0) is 10.1. The van der Waals surface area contributed by atoms with E-state index in [2.05, 4.69) is 15.9 Å². The molecule has 14 heavy (non-hydrogen) atoms. The summed E-state index contributed by atoms with van der Waals surface area (Å²) in [4.78, 5) is 13.7. The number of rotatable bonds is 1. The van der Waals surface area contributed by atoms with Crippen molar-refractivity contribution in [2.24, 2.45) is 0 Å². The molecule has 1 aromatic heterocycles. The number of H-pyrrole nitrogens is 1. The zero-order valence-electron chi connectivity index (χ0n) is 8.21. The number of hydrogen-bond acceptors (Lipinski definition) is 2. The molecule has 4 nitrogen and oxygen atoms in total. The van der Waals surface area contributed by atoms with Crippen LogP contribution in [0.2, 0.25) is 0 Å². The second kappa shape index (κ2) is 3.35. The number of terminal acetylenes is 1. The number of likely N-dealkylation sites (N-methyl/N-ethyl adjacent to an activating group) is 1.